The van der Waals surface area contributed by atoms with Crippen LogP contribution in [0.1, 0.15) is 43.6 Å². The molecule has 30 heavy (non-hydrogen) atoms. The molecule has 0 spiro atoms. The van der Waals surface area contributed by atoms with E-state index in [0.717, 1.165) is 0 Å². The molecule has 0 amide bonds. The van der Waals surface area contributed by atoms with Gasteiger partial charge in [0.15, 0.2) is 0 Å². The first-order valence-corrected chi connectivity index (χ1v) is 11.1. The standard InChI is InChI=1S/C20H19N5O4S/c1-11(2)30(28,29)23-10-13-8-16(23)18-19(26)25(20(27)24(13)18)15-6-5-12(9-21)17-14(15)4-3-7-22-17/h3-7,11,13,16,26H,8,10H2,1-2H3. The Hall–Kier alpha value is -3.16. The van der Waals surface area contributed by atoms with Crippen LogP contribution >= 0.6 is 0 Å². The second-order valence-electron chi connectivity index (χ2n) is 7.91. The Morgan fingerprint density at radius 1 is 1.30 bits per heavy atom. The molecule has 2 unspecified atom stereocenters. The van der Waals surface area contributed by atoms with Crippen molar-refractivity contribution in [1.82, 2.24) is 18.4 Å². The summed E-state index contributed by atoms with van der Waals surface area (Å²) in [5.41, 5.74) is 1.09. The van der Waals surface area contributed by atoms with E-state index in [0.29, 0.717) is 34.3 Å². The lowest BCUT2D eigenvalue weighted by Gasteiger charge is -2.28. The third-order valence-corrected chi connectivity index (χ3v) is 8.29. The smallest absolute Gasteiger partial charge is 0.336 e. The normalized spacial score (nSPS) is 20.7. The minimum absolute atomic E-state index is 0.219. The zero-order chi connectivity index (χ0) is 21.4. The van der Waals surface area contributed by atoms with Crippen molar-refractivity contribution >= 4 is 20.9 Å². The summed E-state index contributed by atoms with van der Waals surface area (Å²) in [6, 6.07) is 7.78. The SMILES string of the molecule is CC(C)S(=O)(=O)N1CC2CC1c1c(O)n(-c3ccc(C#N)c4ncccc34)c(=O)n12. The molecule has 1 saturated heterocycles. The van der Waals surface area contributed by atoms with Crippen LogP contribution in [0.4, 0.5) is 0 Å². The van der Waals surface area contributed by atoms with E-state index in [-0.39, 0.29) is 18.5 Å². The monoisotopic (exact) mass is 425 g/mol. The van der Waals surface area contributed by atoms with Gasteiger partial charge >= 0.3 is 5.69 Å². The molecule has 2 bridgehead atoms. The van der Waals surface area contributed by atoms with E-state index in [1.54, 1.807) is 44.3 Å². The van der Waals surface area contributed by atoms with Crippen molar-refractivity contribution in [3.63, 3.8) is 0 Å². The number of aromatic nitrogens is 3. The summed E-state index contributed by atoms with van der Waals surface area (Å²) in [5, 5.41) is 20.4. The quantitative estimate of drug-likeness (QED) is 0.683. The maximum absolute atomic E-state index is 13.3. The van der Waals surface area contributed by atoms with Gasteiger partial charge in [0, 0.05) is 18.1 Å². The molecular weight excluding hydrogens is 406 g/mol. The lowest BCUT2D eigenvalue weighted by Crippen LogP contribution is -2.40. The van der Waals surface area contributed by atoms with Crippen LogP contribution < -0.4 is 5.69 Å². The molecule has 2 atom stereocenters. The summed E-state index contributed by atoms with van der Waals surface area (Å²) in [4.78, 5) is 17.5. The lowest BCUT2D eigenvalue weighted by molar-refractivity contribution is 0.339. The van der Waals surface area contributed by atoms with Crippen molar-refractivity contribution in [2.45, 2.75) is 37.6 Å². The first kappa shape index (κ1) is 18.8. The fourth-order valence-electron chi connectivity index (χ4n) is 4.62. The van der Waals surface area contributed by atoms with Crippen LogP contribution in [0.5, 0.6) is 5.88 Å². The van der Waals surface area contributed by atoms with Gasteiger partial charge in [0.25, 0.3) is 0 Å². The van der Waals surface area contributed by atoms with Crippen LogP contribution in [0.25, 0.3) is 16.6 Å². The van der Waals surface area contributed by atoms with Gasteiger partial charge in [-0.15, -0.1) is 0 Å². The maximum atomic E-state index is 13.3. The molecule has 3 aromatic rings. The average Bonchev–Trinajstić information content (AvgIpc) is 3.39. The van der Waals surface area contributed by atoms with Gasteiger partial charge in [0.1, 0.15) is 11.8 Å². The molecule has 2 aliphatic rings. The zero-order valence-electron chi connectivity index (χ0n) is 16.3. The van der Waals surface area contributed by atoms with Crippen LogP contribution in [0, 0.1) is 11.3 Å². The van der Waals surface area contributed by atoms with Gasteiger partial charge in [-0.05, 0) is 44.5 Å². The average molecular weight is 425 g/mol. The minimum Gasteiger partial charge on any atom is -0.493 e. The van der Waals surface area contributed by atoms with Crippen molar-refractivity contribution in [1.29, 1.82) is 5.26 Å². The van der Waals surface area contributed by atoms with Gasteiger partial charge in [-0.1, -0.05) is 0 Å². The zero-order valence-corrected chi connectivity index (χ0v) is 17.2. The van der Waals surface area contributed by atoms with Crippen LogP contribution in [-0.4, -0.2) is 43.7 Å². The second kappa shape index (κ2) is 6.17. The highest BCUT2D eigenvalue weighted by Crippen LogP contribution is 2.50. The Morgan fingerprint density at radius 3 is 2.77 bits per heavy atom. The highest BCUT2D eigenvalue weighted by Gasteiger charge is 2.52. The van der Waals surface area contributed by atoms with Crippen molar-refractivity contribution in [2.24, 2.45) is 0 Å². The fraction of sp³-hybridized carbons (Fsp3) is 0.350. The molecule has 154 valence electrons. The number of fused-ring (bicyclic) bond motifs is 6. The Balaban J connectivity index is 1.73. The predicted molar refractivity (Wildman–Crippen MR) is 109 cm³/mol. The van der Waals surface area contributed by atoms with E-state index >= 15 is 0 Å². The van der Waals surface area contributed by atoms with Gasteiger partial charge in [0.2, 0.25) is 15.9 Å². The van der Waals surface area contributed by atoms with Crippen LogP contribution in [0.3, 0.4) is 0 Å². The number of sulfonamides is 1. The molecule has 1 fully saturated rings. The molecule has 0 radical (unpaired) electrons. The Morgan fingerprint density at radius 2 is 2.07 bits per heavy atom. The van der Waals surface area contributed by atoms with Gasteiger partial charge in [-0.2, -0.15) is 9.57 Å². The number of pyridine rings is 1. The van der Waals surface area contributed by atoms with Gasteiger partial charge < -0.3 is 5.11 Å². The number of imidazole rings is 1. The molecule has 2 aliphatic heterocycles. The number of benzene rings is 1. The summed E-state index contributed by atoms with van der Waals surface area (Å²) in [5.74, 6) is -0.272. The van der Waals surface area contributed by atoms with Crippen molar-refractivity contribution in [3.05, 3.63) is 52.2 Å². The summed E-state index contributed by atoms with van der Waals surface area (Å²) >= 11 is 0. The van der Waals surface area contributed by atoms with Crippen molar-refractivity contribution in [3.8, 4) is 17.6 Å². The Kier molecular flexibility index (Phi) is 3.87. The number of hydrogen-bond donors (Lipinski definition) is 1. The fourth-order valence-corrected chi connectivity index (χ4v) is 6.08. The highest BCUT2D eigenvalue weighted by molar-refractivity contribution is 7.89. The summed E-state index contributed by atoms with van der Waals surface area (Å²) < 4.78 is 29.6. The van der Waals surface area contributed by atoms with Crippen LogP contribution in [-0.2, 0) is 10.0 Å². The van der Waals surface area contributed by atoms with E-state index < -0.39 is 27.0 Å². The molecule has 10 heteroatoms. The Labute approximate surface area is 172 Å². The molecule has 0 saturated carbocycles. The van der Waals surface area contributed by atoms with Gasteiger partial charge in [0.05, 0.1) is 34.1 Å². The van der Waals surface area contributed by atoms with E-state index in [9.17, 15) is 23.6 Å². The van der Waals surface area contributed by atoms with E-state index in [2.05, 4.69) is 11.1 Å². The first-order chi connectivity index (χ1) is 14.3. The van der Waals surface area contributed by atoms with E-state index in [1.807, 2.05) is 0 Å². The number of hydrogen-bond acceptors (Lipinski definition) is 6. The van der Waals surface area contributed by atoms with E-state index in [4.69, 9.17) is 0 Å². The number of nitrogens with zero attached hydrogens (tertiary/aromatic N) is 5. The maximum Gasteiger partial charge on any atom is 0.336 e. The summed E-state index contributed by atoms with van der Waals surface area (Å²) in [6.07, 6.45) is 2.03. The molecule has 1 aromatic carbocycles. The van der Waals surface area contributed by atoms with Crippen LogP contribution in [0.15, 0.2) is 35.3 Å². The Bertz CT molecular complexity index is 1410. The third-order valence-electron chi connectivity index (χ3n) is 6.04. The van der Waals surface area contributed by atoms with Gasteiger partial charge in [-0.3, -0.25) is 9.55 Å². The number of nitriles is 1. The summed E-state index contributed by atoms with van der Waals surface area (Å²) in [6.45, 7) is 3.46. The van der Waals surface area contributed by atoms with Crippen molar-refractivity contribution in [2.75, 3.05) is 6.54 Å². The lowest BCUT2D eigenvalue weighted by atomic mass is 10.1. The van der Waals surface area contributed by atoms with Gasteiger partial charge in [-0.25, -0.2) is 17.8 Å². The third kappa shape index (κ3) is 2.27. The molecule has 4 heterocycles. The molecular formula is C20H19N5O4S. The predicted octanol–water partition coefficient (Wildman–Crippen LogP) is 1.80. The number of aromatic hydroxyl groups is 1. The molecule has 1 N–H and O–H groups in total. The molecule has 2 aromatic heterocycles. The second-order valence-corrected chi connectivity index (χ2v) is 10.4. The molecule has 5 rings (SSSR count). The summed E-state index contributed by atoms with van der Waals surface area (Å²) in [7, 11) is -3.53. The van der Waals surface area contributed by atoms with E-state index in [1.165, 1.54) is 13.4 Å². The molecule has 0 aliphatic carbocycles. The van der Waals surface area contributed by atoms with Crippen molar-refractivity contribution < 1.29 is 13.5 Å². The minimum atomic E-state index is -3.53. The number of rotatable bonds is 3. The molecule has 9 nitrogen and oxygen atoms in total. The topological polar surface area (TPSA) is 121 Å². The van der Waals surface area contributed by atoms with Crippen LogP contribution in [0.2, 0.25) is 0 Å². The largest absolute Gasteiger partial charge is 0.493 e. The first-order valence-electron chi connectivity index (χ1n) is 9.62. The highest BCUT2D eigenvalue weighted by atomic mass is 32.2.